The summed E-state index contributed by atoms with van der Waals surface area (Å²) in [6.45, 7) is 9.35. The molecule has 0 aliphatic carbocycles. The number of fused-ring (bicyclic) bond motifs is 1. The van der Waals surface area contributed by atoms with E-state index >= 15 is 0 Å². The Balaban J connectivity index is 1.93. The molecule has 1 aromatic carbocycles. The molecule has 1 atom stereocenters. The Bertz CT molecular complexity index is 675. The van der Waals surface area contributed by atoms with E-state index in [0.29, 0.717) is 6.04 Å². The highest BCUT2D eigenvalue weighted by molar-refractivity contribution is 5.82. The third kappa shape index (κ3) is 4.51. The Labute approximate surface area is 127 Å². The van der Waals surface area contributed by atoms with Crippen LogP contribution in [0, 0.1) is 17.3 Å². The molecule has 0 saturated heterocycles. The lowest BCUT2D eigenvalue weighted by atomic mass is 9.98. The van der Waals surface area contributed by atoms with Crippen molar-refractivity contribution < 1.29 is 0 Å². The molecule has 1 heterocycles. The van der Waals surface area contributed by atoms with E-state index in [1.54, 1.807) is 0 Å². The maximum Gasteiger partial charge on any atom is 0.0502 e. The zero-order valence-corrected chi connectivity index (χ0v) is 13.3. The summed E-state index contributed by atoms with van der Waals surface area (Å²) in [5.74, 6) is 6.28. The first-order valence-corrected chi connectivity index (χ1v) is 7.44. The van der Waals surface area contributed by atoms with Gasteiger partial charge in [-0.2, -0.15) is 0 Å². The lowest BCUT2D eigenvalue weighted by Crippen LogP contribution is -2.18. The first-order valence-electron chi connectivity index (χ1n) is 7.44. The average molecular weight is 280 g/mol. The number of hydrogen-bond acceptors (Lipinski definition) is 1. The molecule has 110 valence electrons. The number of rotatable bonds is 4. The van der Waals surface area contributed by atoms with Crippen LogP contribution in [0.3, 0.4) is 0 Å². The molecule has 0 aliphatic heterocycles. The second kappa shape index (κ2) is 6.65. The minimum atomic E-state index is 0.0638. The zero-order valence-electron chi connectivity index (χ0n) is 13.3. The van der Waals surface area contributed by atoms with Crippen molar-refractivity contribution in [2.75, 3.05) is 6.54 Å². The van der Waals surface area contributed by atoms with Gasteiger partial charge in [0.2, 0.25) is 0 Å². The summed E-state index contributed by atoms with van der Waals surface area (Å²) in [4.78, 5) is 3.32. The second-order valence-electron chi connectivity index (χ2n) is 6.34. The maximum absolute atomic E-state index is 3.50. The van der Waals surface area contributed by atoms with E-state index in [0.717, 1.165) is 6.54 Å². The normalized spacial score (nSPS) is 13.3. The molecule has 0 radical (unpaired) electrons. The minimum Gasteiger partial charge on any atom is -0.361 e. The van der Waals surface area contributed by atoms with Crippen molar-refractivity contribution in [3.63, 3.8) is 0 Å². The fourth-order valence-electron chi connectivity index (χ4n) is 2.20. The van der Waals surface area contributed by atoms with Crippen LogP contribution in [0.1, 0.15) is 39.3 Å². The number of benzene rings is 1. The van der Waals surface area contributed by atoms with E-state index in [1.165, 1.54) is 16.5 Å². The van der Waals surface area contributed by atoms with Crippen LogP contribution >= 0.6 is 0 Å². The van der Waals surface area contributed by atoms with Crippen LogP contribution in [0.4, 0.5) is 0 Å². The van der Waals surface area contributed by atoms with Crippen molar-refractivity contribution in [3.8, 4) is 11.8 Å². The number of aromatic amines is 1. The molecule has 0 aliphatic rings. The molecule has 2 nitrogen and oxygen atoms in total. The quantitative estimate of drug-likeness (QED) is 0.797. The molecule has 0 amide bonds. The third-order valence-corrected chi connectivity index (χ3v) is 3.28. The molecule has 2 rings (SSSR count). The predicted octanol–water partition coefficient (Wildman–Crippen LogP) is 4.42. The molecule has 0 bridgehead atoms. The third-order valence-electron chi connectivity index (χ3n) is 3.28. The van der Waals surface area contributed by atoms with Gasteiger partial charge in [-0.1, -0.05) is 36.1 Å². The van der Waals surface area contributed by atoms with Crippen molar-refractivity contribution in [2.45, 2.75) is 33.7 Å². The first kappa shape index (κ1) is 15.4. The van der Waals surface area contributed by atoms with Crippen LogP contribution in [0.5, 0.6) is 0 Å². The summed E-state index contributed by atoms with van der Waals surface area (Å²) in [6.07, 6.45) is 5.99. The Hall–Kier alpha value is -1.98. The number of aromatic nitrogens is 1. The molecular weight excluding hydrogens is 256 g/mol. The van der Waals surface area contributed by atoms with E-state index in [4.69, 9.17) is 0 Å². The highest BCUT2D eigenvalue weighted by Gasteiger charge is 2.08. The minimum absolute atomic E-state index is 0.0638. The van der Waals surface area contributed by atoms with Gasteiger partial charge in [0.1, 0.15) is 0 Å². The molecule has 1 unspecified atom stereocenters. The van der Waals surface area contributed by atoms with Gasteiger partial charge in [-0.3, -0.25) is 0 Å². The maximum atomic E-state index is 3.50. The van der Waals surface area contributed by atoms with E-state index in [-0.39, 0.29) is 5.41 Å². The lowest BCUT2D eigenvalue weighted by Gasteiger charge is -2.13. The van der Waals surface area contributed by atoms with Crippen molar-refractivity contribution >= 4 is 10.9 Å². The number of para-hydroxylation sites is 1. The fraction of sp³-hybridized carbons (Fsp3) is 0.368. The SMILES string of the molecule is CC(NC/C=C/C#CC(C)(C)C)c1cccc2cc[nH]c12. The average Bonchev–Trinajstić information content (AvgIpc) is 2.89. The Morgan fingerprint density at radius 3 is 2.86 bits per heavy atom. The van der Waals surface area contributed by atoms with Gasteiger partial charge in [0.25, 0.3) is 0 Å². The molecular formula is C19H24N2. The lowest BCUT2D eigenvalue weighted by molar-refractivity contribution is 0.571. The molecule has 21 heavy (non-hydrogen) atoms. The second-order valence-corrected chi connectivity index (χ2v) is 6.34. The summed E-state index contributed by atoms with van der Waals surface area (Å²) in [5, 5.41) is 4.76. The van der Waals surface area contributed by atoms with Gasteiger partial charge in [-0.05, 0) is 50.8 Å². The van der Waals surface area contributed by atoms with Gasteiger partial charge in [0, 0.05) is 24.2 Å². The van der Waals surface area contributed by atoms with Crippen LogP contribution in [0.25, 0.3) is 10.9 Å². The standard InChI is InChI=1S/C19H24N2/c1-15(20-13-7-5-6-12-19(2,3)4)17-10-8-9-16-11-14-21-18(16)17/h5,7-11,14-15,20-21H,13H2,1-4H3/b7-5+. The number of allylic oxidation sites excluding steroid dienone is 1. The van der Waals surface area contributed by atoms with E-state index in [1.807, 2.05) is 12.3 Å². The van der Waals surface area contributed by atoms with E-state index < -0.39 is 0 Å². The van der Waals surface area contributed by atoms with Gasteiger partial charge in [-0.25, -0.2) is 0 Å². The molecule has 0 spiro atoms. The summed E-state index contributed by atoms with van der Waals surface area (Å²) in [7, 11) is 0. The largest absolute Gasteiger partial charge is 0.361 e. The van der Waals surface area contributed by atoms with Gasteiger partial charge in [0.05, 0.1) is 5.52 Å². The smallest absolute Gasteiger partial charge is 0.0502 e. The molecule has 0 saturated carbocycles. The highest BCUT2D eigenvalue weighted by atomic mass is 14.9. The summed E-state index contributed by atoms with van der Waals surface area (Å²) in [5.41, 5.74) is 2.58. The van der Waals surface area contributed by atoms with Crippen LogP contribution < -0.4 is 5.32 Å². The van der Waals surface area contributed by atoms with E-state index in [9.17, 15) is 0 Å². The fourth-order valence-corrected chi connectivity index (χ4v) is 2.20. The Kier molecular flexibility index (Phi) is 4.88. The number of hydrogen-bond donors (Lipinski definition) is 2. The van der Waals surface area contributed by atoms with Gasteiger partial charge < -0.3 is 10.3 Å². The molecule has 0 fully saturated rings. The summed E-state index contributed by atoms with van der Waals surface area (Å²) < 4.78 is 0. The molecule has 2 heteroatoms. The predicted molar refractivity (Wildman–Crippen MR) is 91.1 cm³/mol. The number of H-pyrrole nitrogens is 1. The number of nitrogens with one attached hydrogen (secondary N) is 2. The summed E-state index contributed by atoms with van der Waals surface area (Å²) in [6, 6.07) is 8.80. The van der Waals surface area contributed by atoms with Crippen LogP contribution in [0.15, 0.2) is 42.6 Å². The van der Waals surface area contributed by atoms with Gasteiger partial charge >= 0.3 is 0 Å². The van der Waals surface area contributed by atoms with Gasteiger partial charge in [-0.15, -0.1) is 0 Å². The van der Waals surface area contributed by atoms with Crippen molar-refractivity contribution in [1.82, 2.24) is 10.3 Å². The monoisotopic (exact) mass is 280 g/mol. The van der Waals surface area contributed by atoms with Gasteiger partial charge in [0.15, 0.2) is 0 Å². The van der Waals surface area contributed by atoms with E-state index in [2.05, 4.69) is 80.2 Å². The van der Waals surface area contributed by atoms with Crippen molar-refractivity contribution in [1.29, 1.82) is 0 Å². The molecule has 2 aromatic rings. The Morgan fingerprint density at radius 2 is 2.10 bits per heavy atom. The highest BCUT2D eigenvalue weighted by Crippen LogP contribution is 2.22. The molecule has 2 N–H and O–H groups in total. The first-order chi connectivity index (χ1) is 9.97. The van der Waals surface area contributed by atoms with Crippen LogP contribution in [-0.2, 0) is 0 Å². The van der Waals surface area contributed by atoms with Crippen LogP contribution in [-0.4, -0.2) is 11.5 Å². The summed E-state index contributed by atoms with van der Waals surface area (Å²) >= 11 is 0. The van der Waals surface area contributed by atoms with Crippen molar-refractivity contribution in [3.05, 3.63) is 48.2 Å². The van der Waals surface area contributed by atoms with Crippen molar-refractivity contribution in [2.24, 2.45) is 5.41 Å². The Morgan fingerprint density at radius 1 is 1.29 bits per heavy atom. The van der Waals surface area contributed by atoms with Crippen LogP contribution in [0.2, 0.25) is 0 Å². The molecule has 1 aromatic heterocycles. The topological polar surface area (TPSA) is 27.8 Å². The zero-order chi connectivity index (χ0) is 15.3.